The minimum absolute atomic E-state index is 0.0919. The Hall–Kier alpha value is -4.20. The summed E-state index contributed by atoms with van der Waals surface area (Å²) in [6.45, 7) is 8.06. The van der Waals surface area contributed by atoms with Crippen LogP contribution in [-0.4, -0.2) is 40.5 Å². The number of pyridine rings is 1. The molecule has 0 radical (unpaired) electrons. The molecule has 0 saturated carbocycles. The number of rotatable bonds is 8. The van der Waals surface area contributed by atoms with E-state index in [2.05, 4.69) is 32.5 Å². The Labute approximate surface area is 211 Å². The molecule has 1 amide bonds. The number of aromatic nitrogens is 3. The predicted molar refractivity (Wildman–Crippen MR) is 144 cm³/mol. The van der Waals surface area contributed by atoms with Crippen LogP contribution in [0.4, 0.5) is 17.3 Å². The molecule has 0 unspecified atom stereocenters. The molecule has 0 aliphatic carbocycles. The number of carbonyl (C=O) groups is 1. The van der Waals surface area contributed by atoms with Crippen LogP contribution in [-0.2, 0) is 0 Å². The molecule has 8 nitrogen and oxygen atoms in total. The summed E-state index contributed by atoms with van der Waals surface area (Å²) in [5.41, 5.74) is 2.96. The molecule has 2 heterocycles. The Morgan fingerprint density at radius 1 is 1.03 bits per heavy atom. The van der Waals surface area contributed by atoms with E-state index in [0.29, 0.717) is 17.1 Å². The number of hydrogen-bond acceptors (Lipinski definition) is 7. The highest BCUT2D eigenvalue weighted by Gasteiger charge is 2.18. The molecule has 4 rings (SSSR count). The lowest BCUT2D eigenvalue weighted by atomic mass is 10.0. The molecule has 0 aliphatic heterocycles. The van der Waals surface area contributed by atoms with Gasteiger partial charge in [-0.15, -0.1) is 0 Å². The van der Waals surface area contributed by atoms with Crippen LogP contribution in [0.1, 0.15) is 43.1 Å². The van der Waals surface area contributed by atoms with Crippen molar-refractivity contribution in [3.05, 3.63) is 72.2 Å². The van der Waals surface area contributed by atoms with E-state index < -0.39 is 0 Å². The van der Waals surface area contributed by atoms with E-state index in [1.165, 1.54) is 6.33 Å². The highest BCUT2D eigenvalue weighted by atomic mass is 16.5. The van der Waals surface area contributed by atoms with Gasteiger partial charge in [-0.05, 0) is 81.3 Å². The second kappa shape index (κ2) is 10.2. The summed E-state index contributed by atoms with van der Waals surface area (Å²) >= 11 is 0. The number of ether oxygens (including phenoxy) is 1. The van der Waals surface area contributed by atoms with Gasteiger partial charge in [-0.25, -0.2) is 15.0 Å². The molecule has 4 aromatic rings. The Morgan fingerprint density at radius 2 is 1.78 bits per heavy atom. The van der Waals surface area contributed by atoms with Crippen LogP contribution in [0.3, 0.4) is 0 Å². The number of nitrogens with one attached hydrogen (secondary N) is 2. The number of aryl methyl sites for hydroxylation is 1. The summed E-state index contributed by atoms with van der Waals surface area (Å²) in [4.78, 5) is 27.6. The number of hydrogen-bond donors (Lipinski definition) is 2. The Balaban J connectivity index is 1.48. The number of anilines is 3. The lowest BCUT2D eigenvalue weighted by Crippen LogP contribution is -2.42. The largest absolute Gasteiger partial charge is 0.457 e. The van der Waals surface area contributed by atoms with Crippen LogP contribution < -0.4 is 20.3 Å². The third-order valence-electron chi connectivity index (χ3n) is 6.08. The first-order valence-corrected chi connectivity index (χ1v) is 11.9. The average molecular weight is 485 g/mol. The number of fused-ring (bicyclic) bond motifs is 1. The summed E-state index contributed by atoms with van der Waals surface area (Å²) in [6.07, 6.45) is 4.13. The van der Waals surface area contributed by atoms with E-state index in [1.807, 2.05) is 76.2 Å². The van der Waals surface area contributed by atoms with Crippen molar-refractivity contribution in [1.29, 1.82) is 0 Å². The van der Waals surface area contributed by atoms with Crippen molar-refractivity contribution >= 4 is 34.1 Å². The standard InChI is InChI=1S/C28H32N6O2/c1-7-28(3,4)33-27(35)19-8-11-21(12-9-19)36-24-13-10-20(14-18(24)2)32-26-22-15-25(34(5)6)29-16-23(22)30-17-31-26/h8-17H,7H2,1-6H3,(H,33,35)(H,30,31,32). The normalized spacial score (nSPS) is 11.3. The molecule has 0 saturated heterocycles. The van der Waals surface area contributed by atoms with Crippen LogP contribution in [0.25, 0.3) is 10.9 Å². The van der Waals surface area contributed by atoms with Gasteiger partial charge < -0.3 is 20.3 Å². The van der Waals surface area contributed by atoms with Crippen molar-refractivity contribution in [2.45, 2.75) is 39.7 Å². The van der Waals surface area contributed by atoms with Gasteiger partial charge in [0.2, 0.25) is 0 Å². The molecular weight excluding hydrogens is 452 g/mol. The van der Waals surface area contributed by atoms with Gasteiger partial charge in [0, 0.05) is 36.3 Å². The van der Waals surface area contributed by atoms with E-state index in [-0.39, 0.29) is 11.4 Å². The first kappa shape index (κ1) is 24.9. The Kier molecular flexibility index (Phi) is 7.05. The third kappa shape index (κ3) is 5.71. The van der Waals surface area contributed by atoms with E-state index in [0.717, 1.165) is 40.1 Å². The molecule has 0 fully saturated rings. The minimum Gasteiger partial charge on any atom is -0.457 e. The second-order valence-corrected chi connectivity index (χ2v) is 9.60. The summed E-state index contributed by atoms with van der Waals surface area (Å²) in [7, 11) is 3.89. The van der Waals surface area contributed by atoms with Gasteiger partial charge in [0.1, 0.15) is 29.5 Å². The highest BCUT2D eigenvalue weighted by Crippen LogP contribution is 2.30. The van der Waals surface area contributed by atoms with Crippen molar-refractivity contribution in [2.75, 3.05) is 24.3 Å². The number of benzene rings is 2. The fourth-order valence-corrected chi connectivity index (χ4v) is 3.54. The van der Waals surface area contributed by atoms with Gasteiger partial charge in [0.25, 0.3) is 5.91 Å². The maximum absolute atomic E-state index is 12.5. The van der Waals surface area contributed by atoms with Crippen molar-refractivity contribution in [2.24, 2.45) is 0 Å². The topological polar surface area (TPSA) is 92.3 Å². The van der Waals surface area contributed by atoms with Crippen LogP contribution in [0.5, 0.6) is 11.5 Å². The van der Waals surface area contributed by atoms with Crippen molar-refractivity contribution < 1.29 is 9.53 Å². The zero-order valence-corrected chi connectivity index (χ0v) is 21.6. The number of amides is 1. The number of carbonyl (C=O) groups excluding carboxylic acids is 1. The quantitative estimate of drug-likeness (QED) is 0.324. The molecule has 0 bridgehead atoms. The van der Waals surface area contributed by atoms with Crippen molar-refractivity contribution in [3.8, 4) is 11.5 Å². The molecule has 36 heavy (non-hydrogen) atoms. The SMILES string of the molecule is CCC(C)(C)NC(=O)c1ccc(Oc2ccc(Nc3ncnc4cnc(N(C)C)cc34)cc2C)cc1. The summed E-state index contributed by atoms with van der Waals surface area (Å²) in [6, 6.07) is 15.0. The molecule has 2 N–H and O–H groups in total. The summed E-state index contributed by atoms with van der Waals surface area (Å²) in [5.74, 6) is 2.84. The first-order chi connectivity index (χ1) is 17.1. The fourth-order valence-electron chi connectivity index (χ4n) is 3.54. The van der Waals surface area contributed by atoms with Crippen LogP contribution in [0.15, 0.2) is 61.1 Å². The number of nitrogens with zero attached hydrogens (tertiary/aromatic N) is 4. The van der Waals surface area contributed by atoms with Crippen LogP contribution >= 0.6 is 0 Å². The zero-order valence-electron chi connectivity index (χ0n) is 21.6. The lowest BCUT2D eigenvalue weighted by Gasteiger charge is -2.24. The zero-order chi connectivity index (χ0) is 25.9. The lowest BCUT2D eigenvalue weighted by molar-refractivity contribution is 0.0911. The van der Waals surface area contributed by atoms with Gasteiger partial charge >= 0.3 is 0 Å². The smallest absolute Gasteiger partial charge is 0.251 e. The molecule has 0 atom stereocenters. The van der Waals surface area contributed by atoms with Crippen molar-refractivity contribution in [1.82, 2.24) is 20.3 Å². The fraction of sp³-hybridized carbons (Fsp3) is 0.286. The predicted octanol–water partition coefficient (Wildman–Crippen LogP) is 5.85. The Bertz CT molecular complexity index is 1380. The molecule has 0 aliphatic rings. The van der Waals surface area contributed by atoms with Gasteiger partial charge in [-0.1, -0.05) is 6.92 Å². The van der Waals surface area contributed by atoms with E-state index in [9.17, 15) is 4.79 Å². The van der Waals surface area contributed by atoms with Gasteiger partial charge in [0.15, 0.2) is 0 Å². The van der Waals surface area contributed by atoms with E-state index >= 15 is 0 Å². The molecule has 2 aromatic carbocycles. The monoisotopic (exact) mass is 484 g/mol. The Morgan fingerprint density at radius 3 is 2.44 bits per heavy atom. The van der Waals surface area contributed by atoms with Gasteiger partial charge in [-0.2, -0.15) is 0 Å². The first-order valence-electron chi connectivity index (χ1n) is 11.9. The summed E-state index contributed by atoms with van der Waals surface area (Å²) < 4.78 is 6.08. The van der Waals surface area contributed by atoms with Gasteiger partial charge in [0.05, 0.1) is 11.7 Å². The second-order valence-electron chi connectivity index (χ2n) is 9.60. The maximum atomic E-state index is 12.5. The molecule has 8 heteroatoms. The maximum Gasteiger partial charge on any atom is 0.251 e. The summed E-state index contributed by atoms with van der Waals surface area (Å²) in [5, 5.41) is 7.32. The highest BCUT2D eigenvalue weighted by molar-refractivity contribution is 5.94. The minimum atomic E-state index is -0.247. The van der Waals surface area contributed by atoms with E-state index in [1.54, 1.807) is 18.3 Å². The third-order valence-corrected chi connectivity index (χ3v) is 6.08. The average Bonchev–Trinajstić information content (AvgIpc) is 2.85. The van der Waals surface area contributed by atoms with Crippen molar-refractivity contribution in [3.63, 3.8) is 0 Å². The van der Waals surface area contributed by atoms with E-state index in [4.69, 9.17) is 4.74 Å². The van der Waals surface area contributed by atoms with Crippen LogP contribution in [0.2, 0.25) is 0 Å². The molecule has 2 aromatic heterocycles. The molecule has 0 spiro atoms. The molecular formula is C28H32N6O2. The van der Waals surface area contributed by atoms with Crippen LogP contribution in [0, 0.1) is 6.92 Å². The molecule has 186 valence electrons. The van der Waals surface area contributed by atoms with Gasteiger partial charge in [-0.3, -0.25) is 4.79 Å².